The monoisotopic (exact) mass is 233 g/mol. The highest BCUT2D eigenvalue weighted by molar-refractivity contribution is 5.85. The lowest BCUT2D eigenvalue weighted by molar-refractivity contribution is -0.142. The van der Waals surface area contributed by atoms with Crippen LogP contribution in [-0.4, -0.2) is 19.1 Å². The summed E-state index contributed by atoms with van der Waals surface area (Å²) in [5.41, 5.74) is 5.91. The van der Waals surface area contributed by atoms with Gasteiger partial charge >= 0.3 is 5.97 Å². The number of carbonyl (C=O) groups excluding carboxylic acids is 1. The number of hydrogen-bond donors (Lipinski definition) is 1. The Bertz CT molecular complexity index is 333. The van der Waals surface area contributed by atoms with Gasteiger partial charge < -0.3 is 10.5 Å². The van der Waals surface area contributed by atoms with Crippen LogP contribution in [0.25, 0.3) is 0 Å². The van der Waals surface area contributed by atoms with Crippen LogP contribution in [0, 0.1) is 5.82 Å². The maximum absolute atomic E-state index is 13.1. The molecule has 5 heteroatoms. The highest BCUT2D eigenvalue weighted by Gasteiger charge is 2.15. The SMILES string of the molecule is COC(=O)[C@@H](N)Cc1ccccc1F.Cl. The number of benzene rings is 1. The highest BCUT2D eigenvalue weighted by atomic mass is 35.5. The molecule has 0 heterocycles. The van der Waals surface area contributed by atoms with Crippen LogP contribution >= 0.6 is 12.4 Å². The summed E-state index contributed by atoms with van der Waals surface area (Å²) >= 11 is 0. The van der Waals surface area contributed by atoms with E-state index in [1.165, 1.54) is 13.2 Å². The number of halogens is 2. The average Bonchev–Trinajstić information content (AvgIpc) is 2.20. The summed E-state index contributed by atoms with van der Waals surface area (Å²) in [6.45, 7) is 0. The van der Waals surface area contributed by atoms with Crippen molar-refractivity contribution in [3.05, 3.63) is 35.6 Å². The molecule has 2 N–H and O–H groups in total. The van der Waals surface area contributed by atoms with E-state index in [0.29, 0.717) is 5.56 Å². The fourth-order valence-corrected chi connectivity index (χ4v) is 1.14. The van der Waals surface area contributed by atoms with Crippen molar-refractivity contribution in [3.63, 3.8) is 0 Å². The first-order valence-corrected chi connectivity index (χ1v) is 4.22. The quantitative estimate of drug-likeness (QED) is 0.801. The average molecular weight is 234 g/mol. The van der Waals surface area contributed by atoms with Crippen LogP contribution in [0.4, 0.5) is 4.39 Å². The molecule has 0 fully saturated rings. The molecule has 84 valence electrons. The fraction of sp³-hybridized carbons (Fsp3) is 0.300. The standard InChI is InChI=1S/C10H12FNO2.ClH/c1-14-10(13)9(12)6-7-4-2-3-5-8(7)11;/h2-5,9H,6,12H2,1H3;1H/t9-;/m0./s1. The van der Waals surface area contributed by atoms with Crippen molar-refractivity contribution in [2.75, 3.05) is 7.11 Å². The summed E-state index contributed by atoms with van der Waals surface area (Å²) < 4.78 is 17.5. The zero-order chi connectivity index (χ0) is 10.6. The Morgan fingerprint density at radius 3 is 2.67 bits per heavy atom. The van der Waals surface area contributed by atoms with Crippen LogP contribution in [-0.2, 0) is 16.0 Å². The van der Waals surface area contributed by atoms with Crippen LogP contribution in [0.5, 0.6) is 0 Å². The molecule has 1 aromatic carbocycles. The van der Waals surface area contributed by atoms with Crippen molar-refractivity contribution in [3.8, 4) is 0 Å². The van der Waals surface area contributed by atoms with Gasteiger partial charge in [0.1, 0.15) is 11.9 Å². The van der Waals surface area contributed by atoms with Crippen molar-refractivity contribution in [1.29, 1.82) is 0 Å². The van der Waals surface area contributed by atoms with Crippen molar-refractivity contribution < 1.29 is 13.9 Å². The molecule has 0 bridgehead atoms. The number of methoxy groups -OCH3 is 1. The van der Waals surface area contributed by atoms with Gasteiger partial charge in [-0.3, -0.25) is 4.79 Å². The van der Waals surface area contributed by atoms with Crippen LogP contribution < -0.4 is 5.73 Å². The van der Waals surface area contributed by atoms with Crippen molar-refractivity contribution >= 4 is 18.4 Å². The summed E-state index contributed by atoms with van der Waals surface area (Å²) in [5.74, 6) is -0.889. The smallest absolute Gasteiger partial charge is 0.322 e. The lowest BCUT2D eigenvalue weighted by Crippen LogP contribution is -2.33. The maximum atomic E-state index is 13.1. The molecule has 0 aliphatic rings. The Kier molecular flexibility index (Phi) is 5.89. The fourth-order valence-electron chi connectivity index (χ4n) is 1.14. The molecule has 1 aromatic rings. The van der Waals surface area contributed by atoms with Gasteiger partial charge in [-0.05, 0) is 11.6 Å². The molecule has 0 saturated carbocycles. The first-order chi connectivity index (χ1) is 6.65. The topological polar surface area (TPSA) is 52.3 Å². The van der Waals surface area contributed by atoms with Gasteiger partial charge in [0.25, 0.3) is 0 Å². The predicted molar refractivity (Wildman–Crippen MR) is 57.3 cm³/mol. The summed E-state index contributed by atoms with van der Waals surface area (Å²) in [4.78, 5) is 11.0. The van der Waals surface area contributed by atoms with Gasteiger partial charge in [-0.2, -0.15) is 0 Å². The van der Waals surface area contributed by atoms with E-state index >= 15 is 0 Å². The number of nitrogens with two attached hydrogens (primary N) is 1. The minimum Gasteiger partial charge on any atom is -0.468 e. The Morgan fingerprint density at radius 2 is 2.13 bits per heavy atom. The molecular formula is C10H13ClFNO2. The number of hydrogen-bond acceptors (Lipinski definition) is 3. The van der Waals surface area contributed by atoms with E-state index in [2.05, 4.69) is 4.74 Å². The molecule has 1 atom stereocenters. The lowest BCUT2D eigenvalue weighted by Gasteiger charge is -2.09. The van der Waals surface area contributed by atoms with E-state index < -0.39 is 12.0 Å². The first kappa shape index (κ1) is 13.9. The van der Waals surface area contributed by atoms with Crippen LogP contribution in [0.2, 0.25) is 0 Å². The summed E-state index contributed by atoms with van der Waals surface area (Å²) in [6.07, 6.45) is 0.152. The molecule has 0 spiro atoms. The Hall–Kier alpha value is -1.13. The first-order valence-electron chi connectivity index (χ1n) is 4.22. The number of carbonyl (C=O) groups is 1. The largest absolute Gasteiger partial charge is 0.468 e. The van der Waals surface area contributed by atoms with Crippen molar-refractivity contribution in [2.24, 2.45) is 5.73 Å². The molecule has 0 unspecified atom stereocenters. The molecule has 0 radical (unpaired) electrons. The molecule has 0 aliphatic heterocycles. The summed E-state index contributed by atoms with van der Waals surface area (Å²) in [5, 5.41) is 0. The van der Waals surface area contributed by atoms with E-state index in [1.807, 2.05) is 0 Å². The Morgan fingerprint density at radius 1 is 1.53 bits per heavy atom. The third-order valence-corrected chi connectivity index (χ3v) is 1.90. The van der Waals surface area contributed by atoms with Gasteiger partial charge in [-0.1, -0.05) is 18.2 Å². The van der Waals surface area contributed by atoms with Gasteiger partial charge in [0, 0.05) is 6.42 Å². The van der Waals surface area contributed by atoms with Gasteiger partial charge in [0.2, 0.25) is 0 Å². The number of ether oxygens (including phenoxy) is 1. The Labute approximate surface area is 93.8 Å². The van der Waals surface area contributed by atoms with Crippen LogP contribution in [0.15, 0.2) is 24.3 Å². The Balaban J connectivity index is 0.00000196. The molecule has 0 amide bonds. The normalized spacial score (nSPS) is 11.4. The predicted octanol–water partition coefficient (Wildman–Crippen LogP) is 1.29. The van der Waals surface area contributed by atoms with Gasteiger partial charge in [-0.25, -0.2) is 4.39 Å². The van der Waals surface area contributed by atoms with Gasteiger partial charge in [0.05, 0.1) is 7.11 Å². The highest BCUT2D eigenvalue weighted by Crippen LogP contribution is 2.08. The minimum atomic E-state index is -0.808. The molecule has 0 aliphatic carbocycles. The van der Waals surface area contributed by atoms with Crippen LogP contribution in [0.1, 0.15) is 5.56 Å². The molecule has 3 nitrogen and oxygen atoms in total. The number of rotatable bonds is 3. The third kappa shape index (κ3) is 3.85. The second-order valence-corrected chi connectivity index (χ2v) is 2.93. The van der Waals surface area contributed by atoms with E-state index in [0.717, 1.165) is 0 Å². The lowest BCUT2D eigenvalue weighted by atomic mass is 10.1. The maximum Gasteiger partial charge on any atom is 0.322 e. The molecular weight excluding hydrogens is 221 g/mol. The van der Waals surface area contributed by atoms with Crippen LogP contribution in [0.3, 0.4) is 0 Å². The van der Waals surface area contributed by atoms with Gasteiger partial charge in [-0.15, -0.1) is 12.4 Å². The van der Waals surface area contributed by atoms with E-state index in [1.54, 1.807) is 18.2 Å². The summed E-state index contributed by atoms with van der Waals surface area (Å²) in [6, 6.07) is 5.40. The zero-order valence-corrected chi connectivity index (χ0v) is 9.09. The molecule has 0 saturated heterocycles. The van der Waals surface area contributed by atoms with E-state index in [4.69, 9.17) is 5.73 Å². The summed E-state index contributed by atoms with van der Waals surface area (Å²) in [7, 11) is 1.25. The molecule has 0 aromatic heterocycles. The second kappa shape index (κ2) is 6.37. The van der Waals surface area contributed by atoms with Crippen molar-refractivity contribution in [1.82, 2.24) is 0 Å². The van der Waals surface area contributed by atoms with E-state index in [-0.39, 0.29) is 24.6 Å². The molecule has 15 heavy (non-hydrogen) atoms. The van der Waals surface area contributed by atoms with Gasteiger partial charge in [0.15, 0.2) is 0 Å². The van der Waals surface area contributed by atoms with E-state index in [9.17, 15) is 9.18 Å². The zero-order valence-electron chi connectivity index (χ0n) is 8.27. The second-order valence-electron chi connectivity index (χ2n) is 2.93. The minimum absolute atomic E-state index is 0. The molecule has 1 rings (SSSR count). The van der Waals surface area contributed by atoms with Crippen molar-refractivity contribution in [2.45, 2.75) is 12.5 Å². The number of esters is 1. The third-order valence-electron chi connectivity index (χ3n) is 1.90.